The Morgan fingerprint density at radius 3 is 2.53 bits per heavy atom. The van der Waals surface area contributed by atoms with Gasteiger partial charge in [0.1, 0.15) is 6.54 Å². The number of carbonyl (C=O) groups is 2. The standard InChI is InChI=1S/C23H21N3O4/c1-2-30-20(27)13-24-22-21-17(12-18(25-22)23(28)29)16-10-6-7-11-19(16)26(21)14-15-8-4-3-5-9-15/h3-12H,2,13-14H2,1H3,(H,24,25)(H,28,29). The number of para-hydroxylation sites is 1. The largest absolute Gasteiger partial charge is 0.477 e. The topological polar surface area (TPSA) is 93.4 Å². The van der Waals surface area contributed by atoms with Gasteiger partial charge in [-0.05, 0) is 24.6 Å². The van der Waals surface area contributed by atoms with E-state index >= 15 is 0 Å². The smallest absolute Gasteiger partial charge is 0.354 e. The molecule has 7 heteroatoms. The number of hydrogen-bond acceptors (Lipinski definition) is 5. The van der Waals surface area contributed by atoms with Crippen molar-refractivity contribution in [3.05, 3.63) is 71.9 Å². The third-order valence-corrected chi connectivity index (χ3v) is 4.86. The minimum absolute atomic E-state index is 0.0866. The van der Waals surface area contributed by atoms with Gasteiger partial charge < -0.3 is 19.7 Å². The molecule has 0 fully saturated rings. The van der Waals surface area contributed by atoms with Crippen LogP contribution < -0.4 is 5.32 Å². The van der Waals surface area contributed by atoms with Gasteiger partial charge in [0, 0.05) is 22.8 Å². The van der Waals surface area contributed by atoms with Crippen LogP contribution in [0, 0.1) is 0 Å². The summed E-state index contributed by atoms with van der Waals surface area (Å²) in [7, 11) is 0. The fourth-order valence-electron chi connectivity index (χ4n) is 3.61. The van der Waals surface area contributed by atoms with Gasteiger partial charge in [0.15, 0.2) is 11.5 Å². The lowest BCUT2D eigenvalue weighted by molar-refractivity contribution is -0.140. The minimum atomic E-state index is -1.13. The van der Waals surface area contributed by atoms with Crippen molar-refractivity contribution in [1.82, 2.24) is 9.55 Å². The van der Waals surface area contributed by atoms with Gasteiger partial charge in [0.2, 0.25) is 0 Å². The Balaban J connectivity index is 1.93. The predicted octanol–water partition coefficient (Wildman–Crippen LogP) is 3.91. The van der Waals surface area contributed by atoms with Crippen molar-refractivity contribution in [3.8, 4) is 0 Å². The van der Waals surface area contributed by atoms with Crippen LogP contribution in [0.3, 0.4) is 0 Å². The maximum atomic E-state index is 11.9. The summed E-state index contributed by atoms with van der Waals surface area (Å²) < 4.78 is 7.08. The molecule has 0 aliphatic heterocycles. The molecule has 0 radical (unpaired) electrons. The van der Waals surface area contributed by atoms with Gasteiger partial charge in [-0.15, -0.1) is 0 Å². The molecule has 4 aromatic rings. The Labute approximate surface area is 172 Å². The van der Waals surface area contributed by atoms with Crippen molar-refractivity contribution in [1.29, 1.82) is 0 Å². The molecule has 0 unspecified atom stereocenters. The second-order valence-corrected chi connectivity index (χ2v) is 6.80. The molecular formula is C23H21N3O4. The van der Waals surface area contributed by atoms with Crippen LogP contribution in [0.2, 0.25) is 0 Å². The van der Waals surface area contributed by atoms with Crippen LogP contribution in [-0.2, 0) is 16.1 Å². The van der Waals surface area contributed by atoms with E-state index in [1.807, 2.05) is 54.6 Å². The average Bonchev–Trinajstić information content (AvgIpc) is 3.07. The predicted molar refractivity (Wildman–Crippen MR) is 115 cm³/mol. The van der Waals surface area contributed by atoms with Gasteiger partial charge in [0.25, 0.3) is 0 Å². The molecule has 0 saturated carbocycles. The monoisotopic (exact) mass is 403 g/mol. The quantitative estimate of drug-likeness (QED) is 0.455. The van der Waals surface area contributed by atoms with E-state index in [0.29, 0.717) is 12.4 Å². The Morgan fingerprint density at radius 1 is 1.07 bits per heavy atom. The average molecular weight is 403 g/mol. The number of carboxylic acids is 1. The summed E-state index contributed by atoms with van der Waals surface area (Å²) in [6.45, 7) is 2.48. The van der Waals surface area contributed by atoms with Crippen LogP contribution in [-0.4, -0.2) is 39.7 Å². The number of nitrogens with zero attached hydrogens (tertiary/aromatic N) is 2. The Hall–Kier alpha value is -3.87. The lowest BCUT2D eigenvalue weighted by atomic mass is 10.1. The molecule has 152 valence electrons. The molecule has 7 nitrogen and oxygen atoms in total. The number of ether oxygens (including phenoxy) is 1. The molecule has 4 rings (SSSR count). The highest BCUT2D eigenvalue weighted by atomic mass is 16.5. The van der Waals surface area contributed by atoms with Crippen molar-refractivity contribution in [2.45, 2.75) is 13.5 Å². The molecule has 2 N–H and O–H groups in total. The number of carbonyl (C=O) groups excluding carboxylic acids is 1. The first-order valence-electron chi connectivity index (χ1n) is 9.67. The summed E-state index contributed by atoms with van der Waals surface area (Å²) in [6.07, 6.45) is 0. The maximum Gasteiger partial charge on any atom is 0.354 e. The van der Waals surface area contributed by atoms with Crippen molar-refractivity contribution < 1.29 is 19.4 Å². The fraction of sp³-hybridized carbons (Fsp3) is 0.174. The first-order valence-corrected chi connectivity index (χ1v) is 9.67. The van der Waals surface area contributed by atoms with E-state index < -0.39 is 11.9 Å². The van der Waals surface area contributed by atoms with E-state index in [4.69, 9.17) is 4.74 Å². The van der Waals surface area contributed by atoms with Gasteiger partial charge in [-0.2, -0.15) is 0 Å². The molecule has 0 spiro atoms. The Bertz CT molecular complexity index is 1230. The molecule has 2 aromatic carbocycles. The van der Waals surface area contributed by atoms with Crippen LogP contribution in [0.15, 0.2) is 60.7 Å². The second kappa shape index (κ2) is 8.24. The van der Waals surface area contributed by atoms with Gasteiger partial charge in [0.05, 0.1) is 12.1 Å². The highest BCUT2D eigenvalue weighted by molar-refractivity contribution is 6.13. The number of esters is 1. The molecule has 30 heavy (non-hydrogen) atoms. The van der Waals surface area contributed by atoms with Gasteiger partial charge in [-0.3, -0.25) is 4.79 Å². The normalized spacial score (nSPS) is 11.0. The van der Waals surface area contributed by atoms with E-state index in [0.717, 1.165) is 27.4 Å². The number of aromatic nitrogens is 2. The molecule has 0 amide bonds. The first-order chi connectivity index (χ1) is 14.6. The summed E-state index contributed by atoms with van der Waals surface area (Å²) >= 11 is 0. The number of rotatable bonds is 7. The maximum absolute atomic E-state index is 11.9. The molecule has 0 aliphatic rings. The SMILES string of the molecule is CCOC(=O)CNc1nc(C(=O)O)cc2c3ccccc3n(Cc3ccccc3)c12. The number of anilines is 1. The fourth-order valence-corrected chi connectivity index (χ4v) is 3.61. The first kappa shape index (κ1) is 19.4. The van der Waals surface area contributed by atoms with Crippen molar-refractivity contribution >= 4 is 39.6 Å². The second-order valence-electron chi connectivity index (χ2n) is 6.80. The van der Waals surface area contributed by atoms with Crippen LogP contribution in [0.5, 0.6) is 0 Å². The van der Waals surface area contributed by atoms with Crippen molar-refractivity contribution in [2.24, 2.45) is 0 Å². The summed E-state index contributed by atoms with van der Waals surface area (Å²) in [5, 5.41) is 14.2. The van der Waals surface area contributed by atoms with Crippen molar-refractivity contribution in [2.75, 3.05) is 18.5 Å². The summed E-state index contributed by atoms with van der Waals surface area (Å²) in [5.74, 6) is -1.22. The lowest BCUT2D eigenvalue weighted by Gasteiger charge is -2.12. The summed E-state index contributed by atoms with van der Waals surface area (Å²) in [4.78, 5) is 27.9. The van der Waals surface area contributed by atoms with E-state index in [1.54, 1.807) is 13.0 Å². The van der Waals surface area contributed by atoms with Gasteiger partial charge in [-0.25, -0.2) is 9.78 Å². The van der Waals surface area contributed by atoms with Crippen LogP contribution in [0.4, 0.5) is 5.82 Å². The number of aromatic carboxylic acids is 1. The summed E-state index contributed by atoms with van der Waals surface area (Å²) in [5.41, 5.74) is 2.71. The number of benzene rings is 2. The zero-order valence-corrected chi connectivity index (χ0v) is 16.5. The van der Waals surface area contributed by atoms with Crippen molar-refractivity contribution in [3.63, 3.8) is 0 Å². The number of carboxylic acid groups (broad SMARTS) is 1. The van der Waals surface area contributed by atoms with E-state index in [9.17, 15) is 14.7 Å². The highest BCUT2D eigenvalue weighted by Crippen LogP contribution is 2.34. The molecule has 0 aliphatic carbocycles. The number of hydrogen-bond donors (Lipinski definition) is 2. The van der Waals surface area contributed by atoms with E-state index in [2.05, 4.69) is 14.9 Å². The van der Waals surface area contributed by atoms with Gasteiger partial charge in [-0.1, -0.05) is 48.5 Å². The highest BCUT2D eigenvalue weighted by Gasteiger charge is 2.19. The number of pyridine rings is 1. The minimum Gasteiger partial charge on any atom is -0.477 e. The van der Waals surface area contributed by atoms with Crippen LogP contribution in [0.1, 0.15) is 23.0 Å². The third kappa shape index (κ3) is 3.69. The number of nitrogens with one attached hydrogen (secondary N) is 1. The molecule has 2 heterocycles. The Kier molecular flexibility index (Phi) is 5.34. The third-order valence-electron chi connectivity index (χ3n) is 4.86. The van der Waals surface area contributed by atoms with Crippen LogP contribution >= 0.6 is 0 Å². The number of fused-ring (bicyclic) bond motifs is 3. The molecule has 0 atom stereocenters. The zero-order valence-electron chi connectivity index (χ0n) is 16.5. The van der Waals surface area contributed by atoms with Gasteiger partial charge >= 0.3 is 11.9 Å². The molecule has 0 saturated heterocycles. The molecule has 0 bridgehead atoms. The van der Waals surface area contributed by atoms with E-state index in [-0.39, 0.29) is 18.8 Å². The summed E-state index contributed by atoms with van der Waals surface area (Å²) in [6, 6.07) is 19.4. The Morgan fingerprint density at radius 2 is 1.80 bits per heavy atom. The van der Waals surface area contributed by atoms with E-state index in [1.165, 1.54) is 0 Å². The molecular weight excluding hydrogens is 382 g/mol. The van der Waals surface area contributed by atoms with Crippen LogP contribution in [0.25, 0.3) is 21.8 Å². The lowest BCUT2D eigenvalue weighted by Crippen LogP contribution is -2.18. The molecule has 2 aromatic heterocycles. The zero-order chi connectivity index (χ0) is 21.1.